The Hall–Kier alpha value is -0.160. The third-order valence-corrected chi connectivity index (χ3v) is 5.53. The van der Waals surface area contributed by atoms with Gasteiger partial charge in [-0.25, -0.2) is 20.9 Å². The van der Waals surface area contributed by atoms with E-state index in [9.17, 15) is 0 Å². The van der Waals surface area contributed by atoms with Gasteiger partial charge in [0.05, 0.1) is 11.3 Å². The summed E-state index contributed by atoms with van der Waals surface area (Å²) < 4.78 is 0. The zero-order valence-electron chi connectivity index (χ0n) is 11.4. The summed E-state index contributed by atoms with van der Waals surface area (Å²) in [5, 5.41) is 5.01. The summed E-state index contributed by atoms with van der Waals surface area (Å²) in [6.07, 6.45) is 14.0. The predicted octanol–water partition coefficient (Wildman–Crippen LogP) is 1.95. The number of hydrogen-bond donors (Lipinski definition) is 2. The molecule has 2 spiro atoms. The van der Waals surface area contributed by atoms with E-state index in [0.29, 0.717) is 11.3 Å². The van der Waals surface area contributed by atoms with E-state index in [0.717, 1.165) is 0 Å². The van der Waals surface area contributed by atoms with E-state index in [1.54, 1.807) is 0 Å². The zero-order valence-corrected chi connectivity index (χ0v) is 11.4. The van der Waals surface area contributed by atoms with Crippen molar-refractivity contribution in [2.75, 3.05) is 13.1 Å². The molecule has 2 atom stereocenters. The largest absolute Gasteiger partial charge is 0.232 e. The van der Waals surface area contributed by atoms with Gasteiger partial charge in [-0.3, -0.25) is 0 Å². The highest BCUT2D eigenvalue weighted by atomic mass is 15.8. The predicted molar refractivity (Wildman–Crippen MR) is 71.3 cm³/mol. The van der Waals surface area contributed by atoms with Crippen LogP contribution in [0.25, 0.3) is 0 Å². The summed E-state index contributed by atoms with van der Waals surface area (Å²) in [4.78, 5) is 0. The molecule has 102 valence electrons. The first-order valence-corrected chi connectivity index (χ1v) is 7.94. The van der Waals surface area contributed by atoms with Crippen LogP contribution in [0.4, 0.5) is 0 Å². The smallest absolute Gasteiger partial charge is 0.0974 e. The minimum Gasteiger partial charge on any atom is -0.232 e. The fourth-order valence-corrected chi connectivity index (χ4v) is 4.23. The van der Waals surface area contributed by atoms with Crippen LogP contribution in [-0.4, -0.2) is 34.4 Å². The second-order valence-electron chi connectivity index (χ2n) is 6.71. The van der Waals surface area contributed by atoms with E-state index in [-0.39, 0.29) is 0 Å². The second-order valence-corrected chi connectivity index (χ2v) is 6.71. The molecule has 0 amide bonds. The van der Waals surface area contributed by atoms with Gasteiger partial charge in [0.15, 0.2) is 0 Å². The molecule has 4 aliphatic rings. The maximum absolute atomic E-state index is 3.64. The molecule has 4 nitrogen and oxygen atoms in total. The van der Waals surface area contributed by atoms with Gasteiger partial charge in [-0.1, -0.05) is 38.5 Å². The van der Waals surface area contributed by atoms with E-state index in [1.807, 2.05) is 0 Å². The van der Waals surface area contributed by atoms with E-state index in [2.05, 4.69) is 20.9 Å². The number of rotatable bonds is 3. The molecule has 2 saturated heterocycles. The lowest BCUT2D eigenvalue weighted by Gasteiger charge is -2.21. The Balaban J connectivity index is 1.24. The molecule has 2 saturated carbocycles. The van der Waals surface area contributed by atoms with Gasteiger partial charge in [0, 0.05) is 13.1 Å². The number of nitrogens with zero attached hydrogens (tertiary/aromatic N) is 2. The second kappa shape index (κ2) is 4.17. The van der Waals surface area contributed by atoms with Gasteiger partial charge in [-0.15, -0.1) is 0 Å². The van der Waals surface area contributed by atoms with Crippen molar-refractivity contribution in [1.29, 1.82) is 0 Å². The van der Waals surface area contributed by atoms with Gasteiger partial charge >= 0.3 is 0 Å². The summed E-state index contributed by atoms with van der Waals surface area (Å²) in [5.74, 6) is 0. The maximum Gasteiger partial charge on any atom is 0.0974 e. The Bertz CT molecular complexity index is 286. The third-order valence-electron chi connectivity index (χ3n) is 5.53. The number of nitrogens with one attached hydrogen (secondary N) is 2. The molecule has 4 heteroatoms. The fourth-order valence-electron chi connectivity index (χ4n) is 4.23. The van der Waals surface area contributed by atoms with E-state index in [4.69, 9.17) is 0 Å². The molecule has 2 aliphatic carbocycles. The Morgan fingerprint density at radius 1 is 0.611 bits per heavy atom. The first-order valence-electron chi connectivity index (χ1n) is 7.94. The summed E-state index contributed by atoms with van der Waals surface area (Å²) in [7, 11) is 0. The molecule has 0 aromatic carbocycles. The highest BCUT2D eigenvalue weighted by Crippen LogP contribution is 2.42. The summed E-state index contributed by atoms with van der Waals surface area (Å²) in [5.41, 5.74) is 8.12. The van der Waals surface area contributed by atoms with Crippen molar-refractivity contribution < 1.29 is 0 Å². The topological polar surface area (TPSA) is 49.9 Å². The number of hydrazine groups is 2. The lowest BCUT2D eigenvalue weighted by molar-refractivity contribution is 0.267. The Labute approximate surface area is 110 Å². The van der Waals surface area contributed by atoms with E-state index in [1.165, 1.54) is 77.3 Å². The van der Waals surface area contributed by atoms with Crippen LogP contribution in [-0.2, 0) is 0 Å². The Kier molecular flexibility index (Phi) is 2.70. The molecule has 0 bridgehead atoms. The highest BCUT2D eigenvalue weighted by molar-refractivity contribution is 5.03. The molecule has 0 aromatic rings. The first kappa shape index (κ1) is 11.6. The van der Waals surface area contributed by atoms with Crippen molar-refractivity contribution in [1.82, 2.24) is 20.9 Å². The monoisotopic (exact) mass is 250 g/mol. The van der Waals surface area contributed by atoms with Gasteiger partial charge in [-0.2, -0.15) is 0 Å². The van der Waals surface area contributed by atoms with E-state index >= 15 is 0 Å². The summed E-state index contributed by atoms with van der Waals surface area (Å²) >= 11 is 0. The Morgan fingerprint density at radius 3 is 1.39 bits per heavy atom. The molecule has 18 heavy (non-hydrogen) atoms. The van der Waals surface area contributed by atoms with Crippen LogP contribution in [0.2, 0.25) is 0 Å². The van der Waals surface area contributed by atoms with Gasteiger partial charge in [-0.05, 0) is 25.7 Å². The van der Waals surface area contributed by atoms with Crippen LogP contribution in [0.1, 0.15) is 64.2 Å². The molecule has 2 unspecified atom stereocenters. The van der Waals surface area contributed by atoms with Gasteiger partial charge in [0.2, 0.25) is 0 Å². The summed E-state index contributed by atoms with van der Waals surface area (Å²) in [6.45, 7) is 2.38. The molecule has 4 rings (SSSR count). The number of hydrogen-bond acceptors (Lipinski definition) is 4. The van der Waals surface area contributed by atoms with Crippen molar-refractivity contribution in [2.24, 2.45) is 0 Å². The van der Waals surface area contributed by atoms with Crippen LogP contribution in [0, 0.1) is 0 Å². The average molecular weight is 250 g/mol. The molecule has 4 fully saturated rings. The van der Waals surface area contributed by atoms with E-state index < -0.39 is 0 Å². The van der Waals surface area contributed by atoms with Gasteiger partial charge in [0.1, 0.15) is 0 Å². The first-order chi connectivity index (χ1) is 8.83. The molecule has 2 N–H and O–H groups in total. The normalized spacial score (nSPS) is 40.0. The lowest BCUT2D eigenvalue weighted by Crippen LogP contribution is -2.28. The van der Waals surface area contributed by atoms with Crippen LogP contribution < -0.4 is 10.9 Å². The van der Waals surface area contributed by atoms with Crippen LogP contribution >= 0.6 is 0 Å². The van der Waals surface area contributed by atoms with Crippen molar-refractivity contribution in [2.45, 2.75) is 75.5 Å². The summed E-state index contributed by atoms with van der Waals surface area (Å²) in [6, 6.07) is 0. The molecule has 2 aliphatic heterocycles. The van der Waals surface area contributed by atoms with Crippen molar-refractivity contribution in [3.05, 3.63) is 0 Å². The highest BCUT2D eigenvalue weighted by Gasteiger charge is 2.54. The van der Waals surface area contributed by atoms with Gasteiger partial charge in [0.25, 0.3) is 0 Å². The van der Waals surface area contributed by atoms with Crippen molar-refractivity contribution >= 4 is 0 Å². The van der Waals surface area contributed by atoms with Crippen LogP contribution in [0.3, 0.4) is 0 Å². The SMILES string of the molecule is C1CCC2(CC1)NN2CCN1NC12CCCCC2. The Morgan fingerprint density at radius 2 is 1.00 bits per heavy atom. The van der Waals surface area contributed by atoms with Crippen LogP contribution in [0.15, 0.2) is 0 Å². The molecule has 0 aromatic heterocycles. The molecule has 2 heterocycles. The fraction of sp³-hybridized carbons (Fsp3) is 1.00. The standard InChI is InChI=1S/C14H26N4/c1-3-7-13(8-4-1)15-17(13)11-12-18-14(16-18)9-5-2-6-10-14/h15-16H,1-12H2. The molecule has 0 radical (unpaired) electrons. The van der Waals surface area contributed by atoms with Gasteiger partial charge < -0.3 is 0 Å². The lowest BCUT2D eigenvalue weighted by atomic mass is 9.92. The van der Waals surface area contributed by atoms with Crippen molar-refractivity contribution in [3.8, 4) is 0 Å². The zero-order chi connectivity index (χ0) is 12.1. The van der Waals surface area contributed by atoms with Crippen molar-refractivity contribution in [3.63, 3.8) is 0 Å². The minimum absolute atomic E-state index is 0.425. The maximum atomic E-state index is 3.64. The van der Waals surface area contributed by atoms with Crippen LogP contribution in [0.5, 0.6) is 0 Å². The minimum atomic E-state index is 0.425. The average Bonchev–Trinajstić information content (AvgIpc) is 3.27. The molecular formula is C14H26N4. The quantitative estimate of drug-likeness (QED) is 0.752. The third kappa shape index (κ3) is 1.90. The molecular weight excluding hydrogens is 224 g/mol.